The van der Waals surface area contributed by atoms with Crippen LogP contribution in [-0.2, 0) is 0 Å². The fourth-order valence-corrected chi connectivity index (χ4v) is 1.87. The molecule has 6 heteroatoms. The van der Waals surface area contributed by atoms with Gasteiger partial charge in [0.1, 0.15) is 12.1 Å². The molecule has 0 aliphatic carbocycles. The van der Waals surface area contributed by atoms with E-state index in [-0.39, 0.29) is 0 Å². The largest absolute Gasteiger partial charge is 0.388 e. The quantitative estimate of drug-likeness (QED) is 0.741. The topological polar surface area (TPSA) is 86.7 Å². The summed E-state index contributed by atoms with van der Waals surface area (Å²) in [6, 6.07) is 0. The lowest BCUT2D eigenvalue weighted by Gasteiger charge is -2.24. The highest BCUT2D eigenvalue weighted by Crippen LogP contribution is 2.20. The highest BCUT2D eigenvalue weighted by atomic mass is 16.3. The van der Waals surface area contributed by atoms with Crippen LogP contribution in [0.5, 0.6) is 0 Å². The highest BCUT2D eigenvalue weighted by molar-refractivity contribution is 5.85. The molecule has 0 saturated carbocycles. The van der Waals surface area contributed by atoms with Crippen molar-refractivity contribution in [3.05, 3.63) is 12.5 Å². The molecule has 0 spiro atoms. The monoisotopic (exact) mass is 263 g/mol. The normalized spacial score (nSPS) is 14.8. The summed E-state index contributed by atoms with van der Waals surface area (Å²) in [5.41, 5.74) is -0.0509. The third-order valence-electron chi connectivity index (χ3n) is 3.14. The number of hydrogen-bond acceptors (Lipinski definition) is 5. The van der Waals surface area contributed by atoms with E-state index in [0.717, 1.165) is 18.2 Å². The van der Waals surface area contributed by atoms with Gasteiger partial charge in [0.05, 0.1) is 17.2 Å². The van der Waals surface area contributed by atoms with Crippen LogP contribution in [0.15, 0.2) is 12.5 Å². The van der Waals surface area contributed by atoms with Crippen molar-refractivity contribution in [2.45, 2.75) is 39.2 Å². The lowest BCUT2D eigenvalue weighted by atomic mass is 9.95. The first-order chi connectivity index (χ1) is 8.98. The minimum Gasteiger partial charge on any atom is -0.388 e. The second-order valence-electron chi connectivity index (χ2n) is 5.64. The van der Waals surface area contributed by atoms with Crippen molar-refractivity contribution in [1.82, 2.24) is 20.2 Å². The third kappa shape index (κ3) is 3.64. The average molecular weight is 263 g/mol. The van der Waals surface area contributed by atoms with Gasteiger partial charge in [-0.25, -0.2) is 9.97 Å². The molecular weight excluding hydrogens is 242 g/mol. The second-order valence-corrected chi connectivity index (χ2v) is 5.64. The molecule has 104 valence electrons. The summed E-state index contributed by atoms with van der Waals surface area (Å²) in [4.78, 5) is 8.26. The van der Waals surface area contributed by atoms with E-state index in [2.05, 4.69) is 39.3 Å². The molecule has 0 bridgehead atoms. The van der Waals surface area contributed by atoms with E-state index in [9.17, 15) is 5.11 Å². The van der Waals surface area contributed by atoms with E-state index >= 15 is 0 Å². The maximum Gasteiger partial charge on any atom is 0.160 e. The number of rotatable bonds is 6. The van der Waals surface area contributed by atoms with Crippen molar-refractivity contribution in [2.24, 2.45) is 5.92 Å². The number of nitrogens with zero attached hydrogens (tertiary/aromatic N) is 3. The molecule has 6 nitrogen and oxygen atoms in total. The third-order valence-corrected chi connectivity index (χ3v) is 3.14. The Morgan fingerprint density at radius 3 is 2.95 bits per heavy atom. The lowest BCUT2D eigenvalue weighted by molar-refractivity contribution is 0.0586. The van der Waals surface area contributed by atoms with E-state index < -0.39 is 5.60 Å². The van der Waals surface area contributed by atoms with Crippen LogP contribution in [-0.4, -0.2) is 37.4 Å². The molecule has 2 heterocycles. The number of fused-ring (bicyclic) bond motifs is 1. The van der Waals surface area contributed by atoms with Gasteiger partial charge >= 0.3 is 0 Å². The Balaban J connectivity index is 2.00. The van der Waals surface area contributed by atoms with Crippen LogP contribution in [0.3, 0.4) is 0 Å². The van der Waals surface area contributed by atoms with Gasteiger partial charge in [-0.05, 0) is 25.7 Å². The van der Waals surface area contributed by atoms with Gasteiger partial charge in [-0.1, -0.05) is 13.8 Å². The van der Waals surface area contributed by atoms with Crippen molar-refractivity contribution >= 4 is 16.9 Å². The molecular formula is C13H21N5O. The van der Waals surface area contributed by atoms with Crippen LogP contribution in [0.4, 0.5) is 5.82 Å². The molecule has 0 aliphatic rings. The number of aromatic nitrogens is 4. The zero-order chi connectivity index (χ0) is 13.9. The smallest absolute Gasteiger partial charge is 0.160 e. The minimum atomic E-state index is -0.745. The van der Waals surface area contributed by atoms with Gasteiger partial charge in [-0.3, -0.25) is 5.10 Å². The molecule has 2 rings (SSSR count). The molecule has 1 atom stereocenters. The zero-order valence-corrected chi connectivity index (χ0v) is 11.6. The average Bonchev–Trinajstić information content (AvgIpc) is 2.83. The minimum absolute atomic E-state index is 0.455. The van der Waals surface area contributed by atoms with Crippen LogP contribution in [0.2, 0.25) is 0 Å². The Hall–Kier alpha value is -1.69. The molecule has 2 aromatic rings. The number of nitrogens with one attached hydrogen (secondary N) is 2. The van der Waals surface area contributed by atoms with E-state index in [0.29, 0.717) is 23.9 Å². The van der Waals surface area contributed by atoms with Crippen molar-refractivity contribution in [1.29, 1.82) is 0 Å². The molecule has 0 fully saturated rings. The Morgan fingerprint density at radius 1 is 1.42 bits per heavy atom. The van der Waals surface area contributed by atoms with E-state index in [1.807, 2.05) is 6.92 Å². The molecule has 19 heavy (non-hydrogen) atoms. The van der Waals surface area contributed by atoms with Crippen molar-refractivity contribution in [2.75, 3.05) is 11.9 Å². The first-order valence-corrected chi connectivity index (χ1v) is 6.58. The SMILES string of the molecule is CC(C)CCC(C)(O)CNc1ncnc2[nH]ncc12. The predicted molar refractivity (Wildman–Crippen MR) is 74.9 cm³/mol. The molecule has 0 saturated heterocycles. The molecule has 0 aliphatic heterocycles. The Kier molecular flexibility index (Phi) is 3.99. The zero-order valence-electron chi connectivity index (χ0n) is 11.6. The molecule has 3 N–H and O–H groups in total. The van der Waals surface area contributed by atoms with Crippen LogP contribution < -0.4 is 5.32 Å². The molecule has 1 unspecified atom stereocenters. The first kappa shape index (κ1) is 13.7. The summed E-state index contributed by atoms with van der Waals surface area (Å²) in [5, 5.41) is 21.1. The second kappa shape index (κ2) is 5.52. The van der Waals surface area contributed by atoms with Crippen LogP contribution in [0.25, 0.3) is 11.0 Å². The van der Waals surface area contributed by atoms with E-state index in [1.165, 1.54) is 6.33 Å². The summed E-state index contributed by atoms with van der Waals surface area (Å²) < 4.78 is 0. The van der Waals surface area contributed by atoms with Crippen LogP contribution in [0, 0.1) is 5.92 Å². The van der Waals surface area contributed by atoms with Gasteiger partial charge in [-0.15, -0.1) is 0 Å². The number of aromatic amines is 1. The molecule has 0 radical (unpaired) electrons. The summed E-state index contributed by atoms with van der Waals surface area (Å²) in [6.07, 6.45) is 4.92. The summed E-state index contributed by atoms with van der Waals surface area (Å²) in [5.74, 6) is 1.29. The fourth-order valence-electron chi connectivity index (χ4n) is 1.87. The maximum atomic E-state index is 10.3. The highest BCUT2D eigenvalue weighted by Gasteiger charge is 2.21. The maximum absolute atomic E-state index is 10.3. The van der Waals surface area contributed by atoms with Crippen LogP contribution >= 0.6 is 0 Å². The van der Waals surface area contributed by atoms with Crippen molar-refractivity contribution in [3.8, 4) is 0 Å². The summed E-state index contributed by atoms with van der Waals surface area (Å²) in [7, 11) is 0. The van der Waals surface area contributed by atoms with Crippen LogP contribution in [0.1, 0.15) is 33.6 Å². The Labute approximate surface area is 112 Å². The number of hydrogen-bond donors (Lipinski definition) is 3. The number of anilines is 1. The number of H-pyrrole nitrogens is 1. The summed E-state index contributed by atoms with van der Waals surface area (Å²) in [6.45, 7) is 6.61. The molecule has 0 amide bonds. The van der Waals surface area contributed by atoms with Gasteiger partial charge in [0.15, 0.2) is 5.65 Å². The van der Waals surface area contributed by atoms with Gasteiger partial charge in [0, 0.05) is 6.54 Å². The fraction of sp³-hybridized carbons (Fsp3) is 0.615. The Morgan fingerprint density at radius 2 is 2.21 bits per heavy atom. The lowest BCUT2D eigenvalue weighted by Crippen LogP contribution is -2.34. The van der Waals surface area contributed by atoms with Gasteiger partial charge in [0.25, 0.3) is 0 Å². The molecule has 2 aromatic heterocycles. The van der Waals surface area contributed by atoms with Crippen molar-refractivity contribution in [3.63, 3.8) is 0 Å². The number of aliphatic hydroxyl groups is 1. The first-order valence-electron chi connectivity index (χ1n) is 6.58. The summed E-state index contributed by atoms with van der Waals surface area (Å²) >= 11 is 0. The van der Waals surface area contributed by atoms with Gasteiger partial charge < -0.3 is 10.4 Å². The van der Waals surface area contributed by atoms with E-state index in [1.54, 1.807) is 6.20 Å². The predicted octanol–water partition coefficient (Wildman–Crippen LogP) is 1.95. The standard InChI is InChI=1S/C13H21N5O/c1-9(2)4-5-13(3,19)7-14-11-10-6-17-18-12(10)16-8-15-11/h6,8-9,19H,4-5,7H2,1-3H3,(H2,14,15,16,17,18). The van der Waals surface area contributed by atoms with Gasteiger partial charge in [0.2, 0.25) is 0 Å². The van der Waals surface area contributed by atoms with E-state index in [4.69, 9.17) is 0 Å². The van der Waals surface area contributed by atoms with Gasteiger partial charge in [-0.2, -0.15) is 5.10 Å². The Bertz CT molecular complexity index is 535. The molecule has 0 aromatic carbocycles. The van der Waals surface area contributed by atoms with Crippen molar-refractivity contribution < 1.29 is 5.11 Å².